The summed E-state index contributed by atoms with van der Waals surface area (Å²) in [5, 5.41) is 8.85. The fraction of sp³-hybridized carbons (Fsp3) is 0.429. The first-order valence-corrected chi connectivity index (χ1v) is 5.71. The predicted molar refractivity (Wildman–Crippen MR) is 66.1 cm³/mol. The Morgan fingerprint density at radius 3 is 2.69 bits per heavy atom. The molecule has 1 aromatic rings. The van der Waals surface area contributed by atoms with Gasteiger partial charge in [-0.3, -0.25) is 0 Å². The molecule has 0 heterocycles. The van der Waals surface area contributed by atoms with E-state index in [4.69, 9.17) is 9.84 Å². The maximum Gasteiger partial charge on any atom is 0.0787 e. The van der Waals surface area contributed by atoms with Gasteiger partial charge >= 0.3 is 0 Å². The molecule has 1 atom stereocenters. The molecule has 0 amide bonds. The maximum absolute atomic E-state index is 8.85. The van der Waals surface area contributed by atoms with E-state index >= 15 is 0 Å². The van der Waals surface area contributed by atoms with Crippen LogP contribution in [0.25, 0.3) is 0 Å². The Hall–Kier alpha value is -1.28. The van der Waals surface area contributed by atoms with Crippen LogP contribution in [0.1, 0.15) is 18.4 Å². The fourth-order valence-corrected chi connectivity index (χ4v) is 1.73. The summed E-state index contributed by atoms with van der Waals surface area (Å²) in [6, 6.07) is 10.4. The zero-order chi connectivity index (χ0) is 11.6. The maximum atomic E-state index is 8.85. The molecule has 2 heteroatoms. The first-order valence-electron chi connectivity index (χ1n) is 5.71. The summed E-state index contributed by atoms with van der Waals surface area (Å²) in [5.74, 6) is 0.439. The van der Waals surface area contributed by atoms with Crippen molar-refractivity contribution in [1.82, 2.24) is 0 Å². The van der Waals surface area contributed by atoms with Crippen LogP contribution < -0.4 is 0 Å². The van der Waals surface area contributed by atoms with Crippen LogP contribution in [-0.4, -0.2) is 18.8 Å². The summed E-state index contributed by atoms with van der Waals surface area (Å²) in [5.41, 5.74) is 1.33. The van der Waals surface area contributed by atoms with Crippen molar-refractivity contribution in [3.05, 3.63) is 48.2 Å². The average Bonchev–Trinajstić information content (AvgIpc) is 2.34. The lowest BCUT2D eigenvalue weighted by molar-refractivity contribution is 0.275. The van der Waals surface area contributed by atoms with E-state index in [-0.39, 0.29) is 6.61 Å². The number of hydrogen-bond acceptors (Lipinski definition) is 2. The fourth-order valence-electron chi connectivity index (χ4n) is 1.73. The van der Waals surface area contributed by atoms with Gasteiger partial charge in [-0.25, -0.2) is 0 Å². The number of hydrogen-bond donors (Lipinski definition) is 1. The quantitative estimate of drug-likeness (QED) is 0.716. The van der Waals surface area contributed by atoms with Crippen LogP contribution in [0.3, 0.4) is 0 Å². The topological polar surface area (TPSA) is 29.5 Å². The van der Waals surface area contributed by atoms with Crippen LogP contribution >= 0.6 is 0 Å². The van der Waals surface area contributed by atoms with Gasteiger partial charge in [0, 0.05) is 6.61 Å². The molecule has 1 rings (SSSR count). The van der Waals surface area contributed by atoms with Crippen LogP contribution in [0.15, 0.2) is 42.7 Å². The number of aliphatic hydroxyl groups excluding tert-OH is 1. The Labute approximate surface area is 97.6 Å². The number of allylic oxidation sites excluding steroid dienone is 1. The highest BCUT2D eigenvalue weighted by molar-refractivity contribution is 5.16. The minimum absolute atomic E-state index is 0.256. The summed E-state index contributed by atoms with van der Waals surface area (Å²) in [4.78, 5) is 0. The Balaban J connectivity index is 2.52. The van der Waals surface area contributed by atoms with Crippen molar-refractivity contribution in [3.63, 3.8) is 0 Å². The van der Waals surface area contributed by atoms with E-state index < -0.39 is 0 Å². The molecule has 2 nitrogen and oxygen atoms in total. The van der Waals surface area contributed by atoms with Crippen LogP contribution in [0, 0.1) is 5.92 Å². The lowest BCUT2D eigenvalue weighted by Crippen LogP contribution is -2.03. The SMILES string of the molecule is CO/C=C/C(CCCO)Cc1ccccc1. The molecule has 0 aliphatic carbocycles. The first kappa shape index (κ1) is 12.8. The van der Waals surface area contributed by atoms with Gasteiger partial charge < -0.3 is 9.84 Å². The molecule has 1 N–H and O–H groups in total. The first-order chi connectivity index (χ1) is 7.86. The van der Waals surface area contributed by atoms with Crippen LogP contribution in [-0.2, 0) is 11.2 Å². The number of benzene rings is 1. The molecule has 0 bridgehead atoms. The monoisotopic (exact) mass is 220 g/mol. The molecule has 0 spiro atoms. The normalized spacial score (nSPS) is 12.9. The second kappa shape index (κ2) is 7.94. The summed E-state index contributed by atoms with van der Waals surface area (Å²) in [6.07, 6.45) is 6.63. The van der Waals surface area contributed by atoms with E-state index in [1.807, 2.05) is 6.07 Å². The minimum Gasteiger partial charge on any atom is -0.505 e. The molecular weight excluding hydrogens is 200 g/mol. The van der Waals surface area contributed by atoms with Gasteiger partial charge in [0.1, 0.15) is 0 Å². The van der Waals surface area contributed by atoms with Gasteiger partial charge in [-0.1, -0.05) is 30.3 Å². The lowest BCUT2D eigenvalue weighted by atomic mass is 9.95. The summed E-state index contributed by atoms with van der Waals surface area (Å²) in [6.45, 7) is 0.256. The predicted octanol–water partition coefficient (Wildman–Crippen LogP) is 2.78. The highest BCUT2D eigenvalue weighted by atomic mass is 16.5. The third-order valence-electron chi connectivity index (χ3n) is 2.56. The third-order valence-corrected chi connectivity index (χ3v) is 2.56. The van der Waals surface area contributed by atoms with Gasteiger partial charge in [0.15, 0.2) is 0 Å². The molecule has 1 unspecified atom stereocenters. The Bertz CT molecular complexity index is 293. The summed E-state index contributed by atoms with van der Waals surface area (Å²) >= 11 is 0. The molecule has 0 saturated heterocycles. The van der Waals surface area contributed by atoms with E-state index in [1.165, 1.54) is 5.56 Å². The summed E-state index contributed by atoms with van der Waals surface area (Å²) < 4.78 is 4.95. The van der Waals surface area contributed by atoms with Gasteiger partial charge in [0.25, 0.3) is 0 Å². The number of aliphatic hydroxyl groups is 1. The number of ether oxygens (including phenoxy) is 1. The van der Waals surface area contributed by atoms with E-state index in [1.54, 1.807) is 13.4 Å². The lowest BCUT2D eigenvalue weighted by Gasteiger charge is -2.11. The van der Waals surface area contributed by atoms with Crippen LogP contribution in [0.5, 0.6) is 0 Å². The zero-order valence-electron chi connectivity index (χ0n) is 9.80. The van der Waals surface area contributed by atoms with E-state index in [0.29, 0.717) is 5.92 Å². The Kier molecular flexibility index (Phi) is 6.35. The molecular formula is C14H20O2. The molecule has 0 radical (unpaired) electrons. The zero-order valence-corrected chi connectivity index (χ0v) is 9.80. The summed E-state index contributed by atoms with van der Waals surface area (Å²) in [7, 11) is 1.65. The second-order valence-corrected chi connectivity index (χ2v) is 3.88. The minimum atomic E-state index is 0.256. The smallest absolute Gasteiger partial charge is 0.0787 e. The molecule has 0 fully saturated rings. The standard InChI is InChI=1S/C14H20O2/c1-16-11-9-14(8-5-10-15)12-13-6-3-2-4-7-13/h2-4,6-7,9,11,14-15H,5,8,10,12H2,1H3/b11-9+. The van der Waals surface area contributed by atoms with Crippen molar-refractivity contribution in [1.29, 1.82) is 0 Å². The third kappa shape index (κ3) is 4.99. The number of methoxy groups -OCH3 is 1. The molecule has 0 aliphatic heterocycles. The van der Waals surface area contributed by atoms with Crippen LogP contribution in [0.2, 0.25) is 0 Å². The van der Waals surface area contributed by atoms with Crippen molar-refractivity contribution in [2.24, 2.45) is 5.92 Å². The second-order valence-electron chi connectivity index (χ2n) is 3.88. The van der Waals surface area contributed by atoms with Crippen LogP contribution in [0.4, 0.5) is 0 Å². The van der Waals surface area contributed by atoms with Crippen molar-refractivity contribution in [2.45, 2.75) is 19.3 Å². The molecule has 1 aromatic carbocycles. The molecule has 0 aromatic heterocycles. The molecule has 0 aliphatic rings. The molecule has 0 saturated carbocycles. The highest BCUT2D eigenvalue weighted by Gasteiger charge is 2.05. The van der Waals surface area contributed by atoms with Crippen molar-refractivity contribution in [2.75, 3.05) is 13.7 Å². The van der Waals surface area contributed by atoms with Gasteiger partial charge in [-0.05, 0) is 36.8 Å². The Morgan fingerprint density at radius 2 is 2.06 bits per heavy atom. The molecule has 88 valence electrons. The van der Waals surface area contributed by atoms with E-state index in [0.717, 1.165) is 19.3 Å². The average molecular weight is 220 g/mol. The number of rotatable bonds is 7. The van der Waals surface area contributed by atoms with E-state index in [2.05, 4.69) is 30.3 Å². The highest BCUT2D eigenvalue weighted by Crippen LogP contribution is 2.15. The van der Waals surface area contributed by atoms with Gasteiger partial charge in [0.2, 0.25) is 0 Å². The van der Waals surface area contributed by atoms with Gasteiger partial charge in [-0.15, -0.1) is 0 Å². The largest absolute Gasteiger partial charge is 0.505 e. The van der Waals surface area contributed by atoms with Crippen molar-refractivity contribution < 1.29 is 9.84 Å². The Morgan fingerprint density at radius 1 is 1.31 bits per heavy atom. The van der Waals surface area contributed by atoms with Gasteiger partial charge in [0.05, 0.1) is 13.4 Å². The van der Waals surface area contributed by atoms with Gasteiger partial charge in [-0.2, -0.15) is 0 Å². The van der Waals surface area contributed by atoms with Crippen molar-refractivity contribution in [3.8, 4) is 0 Å². The molecule has 16 heavy (non-hydrogen) atoms. The van der Waals surface area contributed by atoms with E-state index in [9.17, 15) is 0 Å². The van der Waals surface area contributed by atoms with Crippen molar-refractivity contribution >= 4 is 0 Å².